The third kappa shape index (κ3) is 5.12. The van der Waals surface area contributed by atoms with Crippen molar-refractivity contribution in [1.82, 2.24) is 4.90 Å². The van der Waals surface area contributed by atoms with Gasteiger partial charge in [0.15, 0.2) is 5.75 Å². The molecule has 2 aromatic carbocycles. The summed E-state index contributed by atoms with van der Waals surface area (Å²) < 4.78 is 6.22. The maximum atomic E-state index is 13.4. The van der Waals surface area contributed by atoms with Crippen LogP contribution in [0.2, 0.25) is 0 Å². The maximum Gasteiger partial charge on any atom is 0.311 e. The number of carbonyl (C=O) groups is 1. The molecular formula is C26H34N2O4. The van der Waals surface area contributed by atoms with Crippen LogP contribution in [0.4, 0.5) is 5.69 Å². The van der Waals surface area contributed by atoms with E-state index in [1.54, 1.807) is 12.1 Å². The van der Waals surface area contributed by atoms with E-state index in [9.17, 15) is 14.9 Å². The number of amides is 1. The minimum Gasteiger partial charge on any atom is -0.476 e. The largest absolute Gasteiger partial charge is 0.476 e. The van der Waals surface area contributed by atoms with Crippen molar-refractivity contribution in [3.05, 3.63) is 69.8 Å². The number of benzene rings is 2. The molecule has 172 valence electrons. The average molecular weight is 439 g/mol. The Morgan fingerprint density at radius 2 is 1.81 bits per heavy atom. The lowest BCUT2D eigenvalue weighted by Gasteiger charge is -2.37. The predicted molar refractivity (Wildman–Crippen MR) is 126 cm³/mol. The monoisotopic (exact) mass is 438 g/mol. The van der Waals surface area contributed by atoms with Crippen molar-refractivity contribution in [2.75, 3.05) is 0 Å². The highest BCUT2D eigenvalue weighted by atomic mass is 16.6. The summed E-state index contributed by atoms with van der Waals surface area (Å²) in [5.41, 5.74) is 0.379. The zero-order valence-electron chi connectivity index (χ0n) is 19.5. The standard InChI is InChI=1S/C26H34N2O4/c1-5-26(4,21-12-8-6-9-13-21)32-24-17-16-20(18-23(24)28(30)31)25(29)27(19(2)3)22-14-10-7-11-15-22/h6,8-9,12-13,16-19,22H,5,7,10-11,14-15H2,1-4H3. The van der Waals surface area contributed by atoms with Crippen LogP contribution in [-0.2, 0) is 5.60 Å². The summed E-state index contributed by atoms with van der Waals surface area (Å²) >= 11 is 0. The number of rotatable bonds is 8. The molecule has 1 saturated carbocycles. The van der Waals surface area contributed by atoms with E-state index in [-0.39, 0.29) is 29.4 Å². The van der Waals surface area contributed by atoms with E-state index in [1.165, 1.54) is 12.5 Å². The van der Waals surface area contributed by atoms with Gasteiger partial charge in [-0.2, -0.15) is 0 Å². The average Bonchev–Trinajstić information content (AvgIpc) is 2.80. The summed E-state index contributed by atoms with van der Waals surface area (Å²) in [5, 5.41) is 11.9. The van der Waals surface area contributed by atoms with Crippen molar-refractivity contribution < 1.29 is 14.5 Å². The highest BCUT2D eigenvalue weighted by molar-refractivity contribution is 5.95. The van der Waals surface area contributed by atoms with Gasteiger partial charge in [-0.1, -0.05) is 56.5 Å². The molecule has 1 aliphatic carbocycles. The van der Waals surface area contributed by atoms with E-state index in [4.69, 9.17) is 4.74 Å². The molecule has 0 heterocycles. The van der Waals surface area contributed by atoms with E-state index < -0.39 is 10.5 Å². The Hall–Kier alpha value is -2.89. The first kappa shape index (κ1) is 23.8. The summed E-state index contributed by atoms with van der Waals surface area (Å²) in [6, 6.07) is 14.5. The Balaban J connectivity index is 1.93. The van der Waals surface area contributed by atoms with Gasteiger partial charge < -0.3 is 9.64 Å². The fourth-order valence-corrected chi connectivity index (χ4v) is 4.58. The molecule has 1 fully saturated rings. The zero-order valence-corrected chi connectivity index (χ0v) is 19.5. The number of hydrogen-bond donors (Lipinski definition) is 0. The Bertz CT molecular complexity index is 938. The van der Waals surface area contributed by atoms with Gasteiger partial charge >= 0.3 is 5.69 Å². The van der Waals surface area contributed by atoms with Gasteiger partial charge in [-0.25, -0.2) is 0 Å². The Labute approximate surface area is 190 Å². The van der Waals surface area contributed by atoms with Gasteiger partial charge in [-0.15, -0.1) is 0 Å². The van der Waals surface area contributed by atoms with Crippen LogP contribution in [0.5, 0.6) is 5.75 Å². The first-order valence-corrected chi connectivity index (χ1v) is 11.6. The second kappa shape index (κ2) is 10.2. The maximum absolute atomic E-state index is 13.4. The first-order chi connectivity index (χ1) is 15.3. The van der Waals surface area contributed by atoms with Crippen molar-refractivity contribution in [3.63, 3.8) is 0 Å². The molecule has 0 radical (unpaired) electrons. The molecule has 1 aliphatic rings. The van der Waals surface area contributed by atoms with E-state index in [0.29, 0.717) is 12.0 Å². The third-order valence-corrected chi connectivity index (χ3v) is 6.56. The van der Waals surface area contributed by atoms with Gasteiger partial charge in [0.05, 0.1) is 4.92 Å². The second-order valence-corrected chi connectivity index (χ2v) is 9.09. The van der Waals surface area contributed by atoms with Crippen LogP contribution >= 0.6 is 0 Å². The molecule has 6 nitrogen and oxygen atoms in total. The molecule has 2 aromatic rings. The van der Waals surface area contributed by atoms with Crippen LogP contribution in [-0.4, -0.2) is 27.8 Å². The molecular weight excluding hydrogens is 404 g/mol. The quantitative estimate of drug-likeness (QED) is 0.349. The van der Waals surface area contributed by atoms with E-state index >= 15 is 0 Å². The van der Waals surface area contributed by atoms with E-state index in [2.05, 4.69) is 0 Å². The minimum atomic E-state index is -0.719. The molecule has 0 aliphatic heterocycles. The lowest BCUT2D eigenvalue weighted by Crippen LogP contribution is -2.45. The van der Waals surface area contributed by atoms with Gasteiger partial charge in [0, 0.05) is 23.7 Å². The van der Waals surface area contributed by atoms with Crippen molar-refractivity contribution >= 4 is 11.6 Å². The van der Waals surface area contributed by atoms with Crippen LogP contribution in [0.1, 0.15) is 82.1 Å². The topological polar surface area (TPSA) is 72.7 Å². The normalized spacial score (nSPS) is 16.4. The highest BCUT2D eigenvalue weighted by Gasteiger charge is 2.32. The van der Waals surface area contributed by atoms with E-state index in [0.717, 1.165) is 31.2 Å². The van der Waals surface area contributed by atoms with Crippen molar-refractivity contribution in [3.8, 4) is 5.75 Å². The molecule has 1 atom stereocenters. The van der Waals surface area contributed by atoms with Gasteiger partial charge in [-0.3, -0.25) is 14.9 Å². The van der Waals surface area contributed by atoms with Crippen molar-refractivity contribution in [2.45, 2.75) is 83.9 Å². The summed E-state index contributed by atoms with van der Waals surface area (Å²) in [4.78, 5) is 26.7. The van der Waals surface area contributed by atoms with Gasteiger partial charge in [0.25, 0.3) is 5.91 Å². The van der Waals surface area contributed by atoms with Crippen molar-refractivity contribution in [1.29, 1.82) is 0 Å². The molecule has 0 N–H and O–H groups in total. The molecule has 0 spiro atoms. The molecule has 1 unspecified atom stereocenters. The number of nitro benzene ring substituents is 1. The summed E-state index contributed by atoms with van der Waals surface area (Å²) in [6.07, 6.45) is 6.04. The van der Waals surface area contributed by atoms with Gasteiger partial charge in [-0.05, 0) is 57.7 Å². The number of hydrogen-bond acceptors (Lipinski definition) is 4. The predicted octanol–water partition coefficient (Wildman–Crippen LogP) is 6.48. The summed E-state index contributed by atoms with van der Waals surface area (Å²) in [6.45, 7) is 7.92. The van der Waals surface area contributed by atoms with Crippen LogP contribution in [0, 0.1) is 10.1 Å². The molecule has 32 heavy (non-hydrogen) atoms. The number of ether oxygens (including phenoxy) is 1. The van der Waals surface area contributed by atoms with Crippen LogP contribution < -0.4 is 4.74 Å². The number of nitrogens with zero attached hydrogens (tertiary/aromatic N) is 2. The Morgan fingerprint density at radius 3 is 2.38 bits per heavy atom. The lowest BCUT2D eigenvalue weighted by molar-refractivity contribution is -0.386. The van der Waals surface area contributed by atoms with Crippen LogP contribution in [0.25, 0.3) is 0 Å². The fraction of sp³-hybridized carbons (Fsp3) is 0.500. The minimum absolute atomic E-state index is 0.0297. The molecule has 1 amide bonds. The van der Waals surface area contributed by atoms with Gasteiger partial charge in [0.1, 0.15) is 5.60 Å². The summed E-state index contributed by atoms with van der Waals surface area (Å²) in [5.74, 6) is 0.0244. The number of carbonyl (C=O) groups excluding carboxylic acids is 1. The summed E-state index contributed by atoms with van der Waals surface area (Å²) in [7, 11) is 0. The highest BCUT2D eigenvalue weighted by Crippen LogP contribution is 2.37. The number of nitro groups is 1. The Morgan fingerprint density at radius 1 is 1.16 bits per heavy atom. The molecule has 0 aromatic heterocycles. The SMILES string of the molecule is CCC(C)(Oc1ccc(C(=O)N(C(C)C)C2CCCCC2)cc1[N+](=O)[O-])c1ccccc1. The third-order valence-electron chi connectivity index (χ3n) is 6.56. The van der Waals surface area contributed by atoms with Crippen molar-refractivity contribution in [2.24, 2.45) is 0 Å². The van der Waals surface area contributed by atoms with Crippen LogP contribution in [0.3, 0.4) is 0 Å². The molecule has 3 rings (SSSR count). The molecule has 0 bridgehead atoms. The van der Waals surface area contributed by atoms with Crippen LogP contribution in [0.15, 0.2) is 48.5 Å². The first-order valence-electron chi connectivity index (χ1n) is 11.6. The van der Waals surface area contributed by atoms with E-state index in [1.807, 2.05) is 62.9 Å². The fourth-order valence-electron chi connectivity index (χ4n) is 4.58. The molecule has 6 heteroatoms. The Kier molecular flexibility index (Phi) is 7.54. The zero-order chi connectivity index (χ0) is 23.3. The van der Waals surface area contributed by atoms with Gasteiger partial charge in [0.2, 0.25) is 0 Å². The molecule has 0 saturated heterocycles. The second-order valence-electron chi connectivity index (χ2n) is 9.09. The smallest absolute Gasteiger partial charge is 0.311 e. The lowest BCUT2D eigenvalue weighted by atomic mass is 9.92.